The van der Waals surface area contributed by atoms with Crippen LogP contribution in [0.5, 0.6) is 17.4 Å². The highest BCUT2D eigenvalue weighted by Crippen LogP contribution is 2.25. The summed E-state index contributed by atoms with van der Waals surface area (Å²) in [5, 5.41) is 12.6. The van der Waals surface area contributed by atoms with Gasteiger partial charge in [-0.25, -0.2) is 4.98 Å². The molecule has 3 rings (SSSR count). The van der Waals surface area contributed by atoms with Crippen molar-refractivity contribution in [2.24, 2.45) is 0 Å². The predicted octanol–water partition coefficient (Wildman–Crippen LogP) is 4.82. The topological polar surface area (TPSA) is 42.0 Å². The van der Waals surface area contributed by atoms with Crippen molar-refractivity contribution in [1.82, 2.24) is 4.98 Å². The van der Waals surface area contributed by atoms with Crippen LogP contribution in [0.25, 0.3) is 10.9 Å². The monoisotopic (exact) mass is 270 g/mol. The lowest BCUT2D eigenvalue weighted by molar-refractivity contribution is 0.353. The van der Waals surface area contributed by atoms with Gasteiger partial charge in [0.2, 0.25) is 5.88 Å². The van der Waals surface area contributed by atoms with Crippen LogP contribution in [0.3, 0.4) is 0 Å². The van der Waals surface area contributed by atoms with Gasteiger partial charge in [-0.2, -0.15) is 0 Å². The molecule has 0 N–H and O–H groups in total. The van der Waals surface area contributed by atoms with E-state index in [-0.39, 0.29) is 5.75 Å². The number of aromatic nitrogens is 1. The minimum Gasteiger partial charge on any atom is -0.439 e. The summed E-state index contributed by atoms with van der Waals surface area (Å²) in [5.74, 6) is 1.02. The van der Waals surface area contributed by atoms with Crippen LogP contribution >= 0.6 is 11.6 Å². The third-order valence-corrected chi connectivity index (χ3v) is 2.91. The van der Waals surface area contributed by atoms with E-state index in [4.69, 9.17) is 16.3 Å². The Bertz CT molecular complexity index is 726. The average Bonchev–Trinajstić information content (AvgIpc) is 2.42. The van der Waals surface area contributed by atoms with E-state index in [0.717, 1.165) is 10.9 Å². The summed E-state index contributed by atoms with van der Waals surface area (Å²) in [5.41, 5.74) is 0.808. The number of fused-ring (bicyclic) bond motifs is 1. The zero-order valence-corrected chi connectivity index (χ0v) is 10.6. The fourth-order valence-electron chi connectivity index (χ4n) is 1.76. The lowest BCUT2D eigenvalue weighted by Gasteiger charge is -2.05. The Kier molecular flexibility index (Phi) is 2.97. The minimum absolute atomic E-state index is 0.0477. The molecular formula is C15H9ClNO2. The minimum atomic E-state index is -0.0477. The Morgan fingerprint density at radius 1 is 0.947 bits per heavy atom. The molecule has 1 radical (unpaired) electrons. The smallest absolute Gasteiger partial charge is 0.219 e. The Labute approximate surface area is 115 Å². The quantitative estimate of drug-likeness (QED) is 0.669. The molecule has 19 heavy (non-hydrogen) atoms. The van der Waals surface area contributed by atoms with Crippen molar-refractivity contribution in [3.8, 4) is 17.4 Å². The number of nitrogens with zero attached hydrogens (tertiary/aromatic N) is 1. The Morgan fingerprint density at radius 3 is 2.53 bits per heavy atom. The lowest BCUT2D eigenvalue weighted by atomic mass is 10.2. The van der Waals surface area contributed by atoms with E-state index in [2.05, 4.69) is 4.98 Å². The maximum atomic E-state index is 11.0. The van der Waals surface area contributed by atoms with Crippen molar-refractivity contribution < 1.29 is 9.84 Å². The van der Waals surface area contributed by atoms with Gasteiger partial charge >= 0.3 is 0 Å². The maximum absolute atomic E-state index is 11.0. The molecule has 3 aromatic rings. The maximum Gasteiger partial charge on any atom is 0.219 e. The second kappa shape index (κ2) is 4.78. The van der Waals surface area contributed by atoms with Gasteiger partial charge in [-0.1, -0.05) is 11.6 Å². The second-order valence-corrected chi connectivity index (χ2v) is 4.50. The molecule has 4 heteroatoms. The van der Waals surface area contributed by atoms with Gasteiger partial charge < -0.3 is 4.74 Å². The van der Waals surface area contributed by atoms with Gasteiger partial charge in [-0.05, 0) is 48.5 Å². The predicted molar refractivity (Wildman–Crippen MR) is 73.4 cm³/mol. The van der Waals surface area contributed by atoms with Crippen LogP contribution < -0.4 is 4.74 Å². The van der Waals surface area contributed by atoms with Crippen molar-refractivity contribution in [2.75, 3.05) is 0 Å². The molecule has 0 spiro atoms. The number of benzene rings is 2. The van der Waals surface area contributed by atoms with Crippen LogP contribution in [0.1, 0.15) is 0 Å². The molecule has 0 atom stereocenters. The molecule has 3 nitrogen and oxygen atoms in total. The van der Waals surface area contributed by atoms with Gasteiger partial charge in [0.15, 0.2) is 5.75 Å². The van der Waals surface area contributed by atoms with E-state index in [1.54, 1.807) is 24.3 Å². The molecule has 0 saturated carbocycles. The summed E-state index contributed by atoms with van der Waals surface area (Å²) >= 11 is 5.91. The number of pyridine rings is 1. The molecule has 93 valence electrons. The standard InChI is InChI=1S/C15H9ClNO2/c16-11-2-7-14-10(9-11)1-8-15(17-14)19-13-5-3-12(18)4-6-13/h1-9H. The van der Waals surface area contributed by atoms with Crippen LogP contribution in [-0.2, 0) is 5.11 Å². The molecule has 0 bridgehead atoms. The molecule has 2 aromatic carbocycles. The summed E-state index contributed by atoms with van der Waals surface area (Å²) in [6.45, 7) is 0. The number of ether oxygens (including phenoxy) is 1. The highest BCUT2D eigenvalue weighted by molar-refractivity contribution is 6.31. The van der Waals surface area contributed by atoms with Crippen LogP contribution in [0, 0.1) is 0 Å². The molecule has 0 fully saturated rings. The Balaban J connectivity index is 1.93. The third-order valence-electron chi connectivity index (χ3n) is 2.67. The number of halogens is 1. The number of hydrogen-bond donors (Lipinski definition) is 0. The zero-order valence-electron chi connectivity index (χ0n) is 9.84. The van der Waals surface area contributed by atoms with E-state index < -0.39 is 0 Å². The summed E-state index contributed by atoms with van der Waals surface area (Å²) in [6.07, 6.45) is 0. The van der Waals surface area contributed by atoms with Crippen LogP contribution in [0.15, 0.2) is 54.6 Å². The van der Waals surface area contributed by atoms with Gasteiger partial charge in [0.25, 0.3) is 0 Å². The van der Waals surface area contributed by atoms with E-state index >= 15 is 0 Å². The van der Waals surface area contributed by atoms with Crippen LogP contribution in [0.2, 0.25) is 5.02 Å². The number of hydrogen-bond acceptors (Lipinski definition) is 2. The summed E-state index contributed by atoms with van der Waals surface area (Å²) < 4.78 is 5.59. The lowest BCUT2D eigenvalue weighted by Crippen LogP contribution is -1.88. The van der Waals surface area contributed by atoms with Crippen molar-refractivity contribution >= 4 is 22.5 Å². The fraction of sp³-hybridized carbons (Fsp3) is 0. The van der Waals surface area contributed by atoms with Crippen molar-refractivity contribution in [3.63, 3.8) is 0 Å². The zero-order chi connectivity index (χ0) is 13.2. The Hall–Kier alpha value is -2.26. The van der Waals surface area contributed by atoms with Gasteiger partial charge in [-0.3, -0.25) is 5.11 Å². The van der Waals surface area contributed by atoms with E-state index in [1.165, 1.54) is 12.1 Å². The molecule has 1 aromatic heterocycles. The van der Waals surface area contributed by atoms with Gasteiger partial charge in [0.05, 0.1) is 5.52 Å². The molecule has 1 heterocycles. The van der Waals surface area contributed by atoms with Crippen molar-refractivity contribution in [3.05, 3.63) is 59.6 Å². The molecule has 0 unspecified atom stereocenters. The SMILES string of the molecule is [O]c1ccc(Oc2ccc3cc(Cl)ccc3n2)cc1. The summed E-state index contributed by atoms with van der Waals surface area (Å²) in [4.78, 5) is 4.38. The van der Waals surface area contributed by atoms with Gasteiger partial charge in [-0.15, -0.1) is 0 Å². The average molecular weight is 271 g/mol. The van der Waals surface area contributed by atoms with Crippen LogP contribution in [0.4, 0.5) is 0 Å². The highest BCUT2D eigenvalue weighted by atomic mass is 35.5. The van der Waals surface area contributed by atoms with E-state index in [0.29, 0.717) is 16.7 Å². The first-order chi connectivity index (χ1) is 9.20. The van der Waals surface area contributed by atoms with E-state index in [1.807, 2.05) is 18.2 Å². The second-order valence-electron chi connectivity index (χ2n) is 4.06. The molecule has 0 aliphatic rings. The molecule has 0 amide bonds. The summed E-state index contributed by atoms with van der Waals surface area (Å²) in [7, 11) is 0. The summed E-state index contributed by atoms with van der Waals surface area (Å²) in [6, 6.07) is 15.3. The normalized spacial score (nSPS) is 10.6. The fourth-order valence-corrected chi connectivity index (χ4v) is 1.94. The number of rotatable bonds is 2. The highest BCUT2D eigenvalue weighted by Gasteiger charge is 2.02. The Morgan fingerprint density at radius 2 is 1.74 bits per heavy atom. The van der Waals surface area contributed by atoms with Gasteiger partial charge in [0.1, 0.15) is 5.75 Å². The first kappa shape index (κ1) is 11.8. The van der Waals surface area contributed by atoms with E-state index in [9.17, 15) is 5.11 Å². The largest absolute Gasteiger partial charge is 0.439 e. The van der Waals surface area contributed by atoms with Crippen molar-refractivity contribution in [2.45, 2.75) is 0 Å². The third kappa shape index (κ3) is 2.61. The van der Waals surface area contributed by atoms with Gasteiger partial charge in [0, 0.05) is 16.5 Å². The first-order valence-corrected chi connectivity index (χ1v) is 6.10. The molecule has 0 aliphatic heterocycles. The van der Waals surface area contributed by atoms with Crippen LogP contribution in [-0.4, -0.2) is 4.98 Å². The molecule has 0 saturated heterocycles. The molecular weight excluding hydrogens is 262 g/mol. The molecule has 0 aliphatic carbocycles. The van der Waals surface area contributed by atoms with Crippen molar-refractivity contribution in [1.29, 1.82) is 0 Å². The first-order valence-electron chi connectivity index (χ1n) is 5.72.